The van der Waals surface area contributed by atoms with E-state index in [2.05, 4.69) is 46.7 Å². The maximum atomic E-state index is 14.2. The van der Waals surface area contributed by atoms with E-state index >= 15 is 0 Å². The van der Waals surface area contributed by atoms with Crippen LogP contribution in [0, 0.1) is 17.8 Å². The molecule has 1 unspecified atom stereocenters. The standard InChI is InChI=1S/C29H33B3F2N5O2P/c1-18-16-38(3)13-11-22(18)37-23-7-4-8-25-21(23)15-20(39(25)17-28(33,34)42)6-5-12-36-24-10-9-19(27(40)35-2)14-26(24)41-29(30,31)32/h4,7-10,14-15,18,22,36-37H,11-13,16-17,42H2,1-3H3,(H,35,40)/t18-,22+/m0/s1. The number of benzene rings is 2. The zero-order valence-corrected chi connectivity index (χ0v) is 25.2. The summed E-state index contributed by atoms with van der Waals surface area (Å²) >= 11 is 0. The molecular formula is C29H33B3F2N5O2P. The number of hydrogen-bond acceptors (Lipinski definition) is 5. The molecule has 4 rings (SSSR count). The van der Waals surface area contributed by atoms with Crippen LogP contribution in [0.1, 0.15) is 29.4 Å². The minimum absolute atomic E-state index is 0.124. The summed E-state index contributed by atoms with van der Waals surface area (Å²) in [6, 6.07) is 12.5. The van der Waals surface area contributed by atoms with E-state index in [0.717, 1.165) is 30.6 Å². The van der Waals surface area contributed by atoms with E-state index in [1.807, 2.05) is 24.3 Å². The van der Waals surface area contributed by atoms with Crippen molar-refractivity contribution in [3.63, 3.8) is 0 Å². The molecule has 1 saturated heterocycles. The van der Waals surface area contributed by atoms with Crippen LogP contribution in [-0.4, -0.2) is 89.6 Å². The van der Waals surface area contributed by atoms with Crippen LogP contribution in [-0.2, 0) is 6.54 Å². The van der Waals surface area contributed by atoms with Crippen LogP contribution in [0.2, 0.25) is 0 Å². The van der Waals surface area contributed by atoms with E-state index < -0.39 is 17.5 Å². The van der Waals surface area contributed by atoms with Crippen LogP contribution in [0.25, 0.3) is 10.9 Å². The molecule has 1 aromatic heterocycles. The molecule has 0 bridgehead atoms. The topological polar surface area (TPSA) is 70.6 Å². The molecule has 42 heavy (non-hydrogen) atoms. The molecule has 1 aliphatic heterocycles. The van der Waals surface area contributed by atoms with Gasteiger partial charge in [0.1, 0.15) is 29.3 Å². The Hall–Kier alpha value is -3.15. The third-order valence-electron chi connectivity index (χ3n) is 7.11. The van der Waals surface area contributed by atoms with E-state index in [9.17, 15) is 13.6 Å². The highest BCUT2D eigenvalue weighted by atomic mass is 31.0. The summed E-state index contributed by atoms with van der Waals surface area (Å²) in [6.07, 6.45) is 0.992. The highest BCUT2D eigenvalue weighted by molar-refractivity contribution is 7.18. The quantitative estimate of drug-likeness (QED) is 0.205. The van der Waals surface area contributed by atoms with Gasteiger partial charge in [-0.05, 0) is 73.5 Å². The van der Waals surface area contributed by atoms with Crippen molar-refractivity contribution >= 4 is 61.0 Å². The summed E-state index contributed by atoms with van der Waals surface area (Å²) < 4.78 is 35.5. The number of fused-ring (bicyclic) bond motifs is 1. The Morgan fingerprint density at radius 2 is 1.95 bits per heavy atom. The number of ether oxygens (including phenoxy) is 1. The average molecular weight is 585 g/mol. The van der Waals surface area contributed by atoms with Gasteiger partial charge >= 0.3 is 0 Å². The number of carbonyl (C=O) groups excluding carboxylic acids is 1. The van der Waals surface area contributed by atoms with Crippen LogP contribution in [0.3, 0.4) is 0 Å². The first kappa shape index (κ1) is 31.8. The third kappa shape index (κ3) is 8.23. The van der Waals surface area contributed by atoms with E-state index in [0.29, 0.717) is 28.4 Å². The summed E-state index contributed by atoms with van der Waals surface area (Å²) in [5.74, 6) is 6.30. The Morgan fingerprint density at radius 1 is 1.19 bits per heavy atom. The van der Waals surface area contributed by atoms with Crippen LogP contribution < -0.4 is 20.7 Å². The number of rotatable bonds is 9. The molecule has 13 heteroatoms. The molecular weight excluding hydrogens is 552 g/mol. The molecule has 0 saturated carbocycles. The van der Waals surface area contributed by atoms with Gasteiger partial charge in [-0.15, -0.1) is 0 Å². The molecule has 1 aliphatic rings. The Balaban J connectivity index is 1.61. The first-order chi connectivity index (χ1) is 19.7. The number of halogens is 2. The predicted molar refractivity (Wildman–Crippen MR) is 171 cm³/mol. The van der Waals surface area contributed by atoms with Crippen LogP contribution in [0.15, 0.2) is 42.5 Å². The van der Waals surface area contributed by atoms with Gasteiger partial charge in [-0.3, -0.25) is 4.79 Å². The minimum atomic E-state index is -3.02. The third-order valence-corrected chi connectivity index (χ3v) is 7.29. The number of hydrogen-bond donors (Lipinski definition) is 3. The lowest BCUT2D eigenvalue weighted by Gasteiger charge is -2.36. The van der Waals surface area contributed by atoms with Crippen LogP contribution >= 0.6 is 9.24 Å². The highest BCUT2D eigenvalue weighted by Gasteiger charge is 2.27. The molecule has 3 N–H and O–H groups in total. The van der Waals surface area contributed by atoms with Crippen molar-refractivity contribution in [3.05, 3.63) is 53.7 Å². The molecule has 6 radical (unpaired) electrons. The number of nitrogens with zero attached hydrogens (tertiary/aromatic N) is 2. The summed E-state index contributed by atoms with van der Waals surface area (Å²) in [5.41, 5.74) is -0.243. The van der Waals surface area contributed by atoms with Crippen molar-refractivity contribution in [2.75, 3.05) is 44.4 Å². The second kappa shape index (κ2) is 13.0. The number of carbonyl (C=O) groups is 1. The maximum Gasteiger partial charge on any atom is 0.276 e. The van der Waals surface area contributed by atoms with Gasteiger partial charge in [0.2, 0.25) is 0 Å². The molecule has 0 spiro atoms. The number of piperidine rings is 1. The van der Waals surface area contributed by atoms with Gasteiger partial charge < -0.3 is 30.2 Å². The SMILES string of the molecule is [B]C([B])([B])Oc1cc(C(=O)NC)ccc1NCC#Cc1cc2c(N[C@@H]3CCN(C)C[C@@H]3C)cccc2n1CC(F)(F)P. The zero-order chi connectivity index (χ0) is 30.7. The largest absolute Gasteiger partial charge is 0.514 e. The molecule has 3 aromatic rings. The number of anilines is 2. The molecule has 3 atom stereocenters. The second-order valence-electron chi connectivity index (χ2n) is 10.8. The van der Waals surface area contributed by atoms with Crippen molar-refractivity contribution in [3.8, 4) is 17.6 Å². The van der Waals surface area contributed by atoms with Crippen molar-refractivity contribution in [1.29, 1.82) is 0 Å². The number of amides is 1. The molecule has 7 nitrogen and oxygen atoms in total. The lowest BCUT2D eigenvalue weighted by molar-refractivity contribution is 0.0851. The first-order valence-electron chi connectivity index (χ1n) is 13.6. The van der Waals surface area contributed by atoms with Gasteiger partial charge in [-0.2, -0.15) is 0 Å². The summed E-state index contributed by atoms with van der Waals surface area (Å²) in [6.45, 7) is 3.78. The van der Waals surface area contributed by atoms with Gasteiger partial charge in [0.05, 0.1) is 30.0 Å². The Morgan fingerprint density at radius 3 is 2.62 bits per heavy atom. The molecule has 2 heterocycles. The van der Waals surface area contributed by atoms with Gasteiger partial charge in [0.15, 0.2) is 0 Å². The molecule has 1 amide bonds. The Kier molecular flexibility index (Phi) is 9.85. The van der Waals surface area contributed by atoms with Gasteiger partial charge in [-0.1, -0.05) is 28.2 Å². The first-order valence-corrected chi connectivity index (χ1v) is 14.2. The Labute approximate surface area is 252 Å². The van der Waals surface area contributed by atoms with Crippen molar-refractivity contribution < 1.29 is 18.3 Å². The zero-order valence-electron chi connectivity index (χ0n) is 24.0. The minimum Gasteiger partial charge on any atom is -0.514 e. The normalized spacial score (nSPS) is 17.8. The molecule has 1 fully saturated rings. The van der Waals surface area contributed by atoms with E-state index in [4.69, 9.17) is 28.3 Å². The Bertz CT molecular complexity index is 1500. The summed E-state index contributed by atoms with van der Waals surface area (Å²) in [4.78, 5) is 14.4. The lowest BCUT2D eigenvalue weighted by Crippen LogP contribution is -2.43. The fourth-order valence-corrected chi connectivity index (χ4v) is 5.35. The van der Waals surface area contributed by atoms with Crippen LogP contribution in [0.5, 0.6) is 5.75 Å². The van der Waals surface area contributed by atoms with Crippen molar-refractivity contribution in [2.45, 2.75) is 36.9 Å². The van der Waals surface area contributed by atoms with E-state index in [-0.39, 0.29) is 24.2 Å². The summed E-state index contributed by atoms with van der Waals surface area (Å²) in [5, 5.41) is 8.13. The molecule has 214 valence electrons. The number of alkyl halides is 2. The number of likely N-dealkylation sites (tertiary alicyclic amines) is 1. The molecule has 2 aromatic carbocycles. The average Bonchev–Trinajstić information content (AvgIpc) is 3.24. The van der Waals surface area contributed by atoms with Crippen molar-refractivity contribution in [1.82, 2.24) is 14.8 Å². The monoisotopic (exact) mass is 585 g/mol. The van der Waals surface area contributed by atoms with Gasteiger partial charge in [-0.25, -0.2) is 8.78 Å². The van der Waals surface area contributed by atoms with E-state index in [1.165, 1.54) is 17.7 Å². The van der Waals surface area contributed by atoms with Gasteiger partial charge in [0.25, 0.3) is 11.6 Å². The number of aromatic nitrogens is 1. The van der Waals surface area contributed by atoms with Crippen molar-refractivity contribution in [2.24, 2.45) is 5.92 Å². The van der Waals surface area contributed by atoms with Crippen LogP contribution in [0.4, 0.5) is 20.2 Å². The predicted octanol–water partition coefficient (Wildman–Crippen LogP) is 3.18. The van der Waals surface area contributed by atoms with Gasteiger partial charge in [0, 0.05) is 36.3 Å². The van der Waals surface area contributed by atoms with E-state index in [1.54, 1.807) is 21.4 Å². The fourth-order valence-electron chi connectivity index (χ4n) is 5.17. The maximum absolute atomic E-state index is 14.2. The second-order valence-corrected chi connectivity index (χ2v) is 11.6. The fraction of sp³-hybridized carbons (Fsp3) is 0.414. The molecule has 0 aliphatic carbocycles. The highest BCUT2D eigenvalue weighted by Crippen LogP contribution is 2.33. The summed E-state index contributed by atoms with van der Waals surface area (Å²) in [7, 11) is 22.1. The smallest absolute Gasteiger partial charge is 0.276 e. The lowest BCUT2D eigenvalue weighted by atomic mass is 9.52. The number of nitrogens with one attached hydrogen (secondary N) is 3.